The molecule has 3 aromatic rings. The van der Waals surface area contributed by atoms with Gasteiger partial charge in [-0.2, -0.15) is 0 Å². The molecule has 3 amide bonds. The molecule has 0 aromatic heterocycles. The van der Waals surface area contributed by atoms with E-state index in [0.29, 0.717) is 40.5 Å². The Labute approximate surface area is 260 Å². The van der Waals surface area contributed by atoms with Crippen LogP contribution in [0.1, 0.15) is 64.8 Å². The summed E-state index contributed by atoms with van der Waals surface area (Å²) in [5, 5.41) is 18.4. The van der Waals surface area contributed by atoms with Gasteiger partial charge in [0.05, 0.1) is 5.41 Å². The van der Waals surface area contributed by atoms with E-state index >= 15 is 0 Å². The van der Waals surface area contributed by atoms with Crippen molar-refractivity contribution in [3.8, 4) is 11.5 Å². The van der Waals surface area contributed by atoms with Crippen LogP contribution < -0.4 is 25.4 Å². The lowest BCUT2D eigenvalue weighted by Gasteiger charge is -2.55. The number of carboxylic acids is 1. The van der Waals surface area contributed by atoms with Crippen molar-refractivity contribution in [2.75, 3.05) is 17.4 Å². The number of rotatable bonds is 9. The highest BCUT2D eigenvalue weighted by Crippen LogP contribution is 2.60. The monoisotopic (exact) mass is 609 g/mol. The van der Waals surface area contributed by atoms with Crippen LogP contribution in [0, 0.1) is 23.2 Å². The molecule has 4 N–H and O–H groups in total. The van der Waals surface area contributed by atoms with Crippen LogP contribution in [-0.2, 0) is 16.0 Å². The highest BCUT2D eigenvalue weighted by Gasteiger charge is 2.54. The number of hydrogen-bond donors (Lipinski definition) is 4. The van der Waals surface area contributed by atoms with Gasteiger partial charge in [-0.3, -0.25) is 14.4 Å². The van der Waals surface area contributed by atoms with Crippen molar-refractivity contribution in [2.24, 2.45) is 23.2 Å². The first-order chi connectivity index (χ1) is 21.7. The predicted molar refractivity (Wildman–Crippen MR) is 165 cm³/mol. The van der Waals surface area contributed by atoms with E-state index in [1.807, 2.05) is 6.07 Å². The van der Waals surface area contributed by atoms with E-state index in [2.05, 4.69) is 16.0 Å². The molecular formula is C35H35N3O7. The molecule has 8 rings (SSSR count). The zero-order valence-electron chi connectivity index (χ0n) is 24.7. The van der Waals surface area contributed by atoms with E-state index in [9.17, 15) is 24.3 Å². The Bertz CT molecular complexity index is 1640. The van der Waals surface area contributed by atoms with Gasteiger partial charge in [0.25, 0.3) is 11.8 Å². The number of amides is 3. The van der Waals surface area contributed by atoms with Crippen molar-refractivity contribution in [1.82, 2.24) is 5.32 Å². The van der Waals surface area contributed by atoms with Gasteiger partial charge in [-0.15, -0.1) is 0 Å². The van der Waals surface area contributed by atoms with Gasteiger partial charge in [-0.25, -0.2) is 4.79 Å². The molecule has 1 aliphatic heterocycles. The fraction of sp³-hybridized carbons (Fsp3) is 0.371. The molecule has 10 nitrogen and oxygen atoms in total. The summed E-state index contributed by atoms with van der Waals surface area (Å²) >= 11 is 0. The molecule has 1 heterocycles. The number of nitrogens with one attached hydrogen (secondary N) is 3. The highest BCUT2D eigenvalue weighted by molar-refractivity contribution is 6.07. The van der Waals surface area contributed by atoms with E-state index in [4.69, 9.17) is 9.47 Å². The second-order valence-corrected chi connectivity index (χ2v) is 13.0. The maximum absolute atomic E-state index is 13.9. The fourth-order valence-corrected chi connectivity index (χ4v) is 8.09. The minimum atomic E-state index is -1.18. The molecule has 4 bridgehead atoms. The number of aliphatic carboxylic acids is 1. The average Bonchev–Trinajstić information content (AvgIpc) is 3.48. The maximum Gasteiger partial charge on any atom is 0.326 e. The Morgan fingerprint density at radius 3 is 2.07 bits per heavy atom. The Hall–Kier alpha value is -4.86. The van der Waals surface area contributed by atoms with Crippen LogP contribution in [0.25, 0.3) is 0 Å². The standard InChI is InChI=1S/C35H35N3O7/c39-31(24-6-7-29-30(14-24)45-19-44-29)36-26-12-25(32(40)38-28(33(41)42)11-20-4-2-1-3-5-20)13-27(15-26)37-34(43)35-16-21-8-22(17-35)10-23(9-21)18-35/h1-7,12-15,21-23,28H,8-11,16-19H2,(H,36,39)(H,37,43)(H,38,40)(H,41,42)/t21?,22?,23?,28-,35?/m0/s1. The van der Waals surface area contributed by atoms with Crippen LogP contribution in [0.4, 0.5) is 11.4 Å². The third-order valence-electron chi connectivity index (χ3n) is 9.75. The number of hydrogen-bond acceptors (Lipinski definition) is 6. The van der Waals surface area contributed by atoms with Gasteiger partial charge in [-0.05, 0) is 98.2 Å². The summed E-state index contributed by atoms with van der Waals surface area (Å²) in [7, 11) is 0. The molecule has 3 aromatic carbocycles. The van der Waals surface area contributed by atoms with Crippen molar-refractivity contribution in [1.29, 1.82) is 0 Å². The molecule has 4 aliphatic carbocycles. The van der Waals surface area contributed by atoms with Crippen LogP contribution in [0.2, 0.25) is 0 Å². The number of carbonyl (C=O) groups excluding carboxylic acids is 3. The van der Waals surface area contributed by atoms with Crippen molar-refractivity contribution < 1.29 is 33.8 Å². The van der Waals surface area contributed by atoms with Gasteiger partial charge in [0, 0.05) is 28.9 Å². The Balaban J connectivity index is 1.15. The molecule has 0 unspecified atom stereocenters. The summed E-state index contributed by atoms with van der Waals surface area (Å²) in [6.07, 6.45) is 6.32. The molecule has 0 radical (unpaired) electrons. The molecule has 232 valence electrons. The second kappa shape index (κ2) is 11.6. The summed E-state index contributed by atoms with van der Waals surface area (Å²) < 4.78 is 10.7. The van der Waals surface area contributed by atoms with Crippen molar-refractivity contribution in [3.05, 3.63) is 83.4 Å². The first-order valence-electron chi connectivity index (χ1n) is 15.5. The Morgan fingerprint density at radius 1 is 0.756 bits per heavy atom. The molecule has 10 heteroatoms. The van der Waals surface area contributed by atoms with E-state index in [0.717, 1.165) is 24.8 Å². The highest BCUT2D eigenvalue weighted by atomic mass is 16.7. The Kier molecular flexibility index (Phi) is 7.43. The fourth-order valence-electron chi connectivity index (χ4n) is 8.09. The number of carbonyl (C=O) groups is 4. The Morgan fingerprint density at radius 2 is 1.40 bits per heavy atom. The van der Waals surface area contributed by atoms with E-state index in [-0.39, 0.29) is 30.4 Å². The largest absolute Gasteiger partial charge is 0.480 e. The van der Waals surface area contributed by atoms with E-state index in [1.54, 1.807) is 48.5 Å². The number of carboxylic acid groups (broad SMARTS) is 1. The molecule has 0 spiro atoms. The lowest BCUT2D eigenvalue weighted by atomic mass is 9.49. The molecule has 0 saturated heterocycles. The van der Waals surface area contributed by atoms with Gasteiger partial charge in [0.15, 0.2) is 11.5 Å². The summed E-state index contributed by atoms with van der Waals surface area (Å²) in [4.78, 5) is 52.7. The van der Waals surface area contributed by atoms with Gasteiger partial charge >= 0.3 is 5.97 Å². The SMILES string of the molecule is O=C(Nc1cc(NC(=O)C23CC4CC(CC(C4)C2)C3)cc(C(=O)N[C@@H](Cc2ccccc2)C(=O)O)c1)c1ccc2c(c1)OCO2. The van der Waals surface area contributed by atoms with Gasteiger partial charge in [0.2, 0.25) is 12.7 Å². The predicted octanol–water partition coefficient (Wildman–Crippen LogP) is 5.25. The van der Waals surface area contributed by atoms with E-state index < -0.39 is 29.2 Å². The minimum Gasteiger partial charge on any atom is -0.480 e. The number of fused-ring (bicyclic) bond motifs is 1. The smallest absolute Gasteiger partial charge is 0.326 e. The van der Waals surface area contributed by atoms with Gasteiger partial charge in [0.1, 0.15) is 6.04 Å². The van der Waals surface area contributed by atoms with E-state index in [1.165, 1.54) is 31.4 Å². The van der Waals surface area contributed by atoms with Gasteiger partial charge < -0.3 is 30.5 Å². The molecule has 5 aliphatic rings. The summed E-state index contributed by atoms with van der Waals surface area (Å²) in [6, 6.07) is 17.3. The quantitative estimate of drug-likeness (QED) is 0.260. The van der Waals surface area contributed by atoms with Gasteiger partial charge in [-0.1, -0.05) is 30.3 Å². The normalized spacial score (nSPS) is 24.5. The average molecular weight is 610 g/mol. The number of ether oxygens (including phenoxy) is 2. The topological polar surface area (TPSA) is 143 Å². The number of anilines is 2. The third-order valence-corrected chi connectivity index (χ3v) is 9.75. The van der Waals surface area contributed by atoms with Crippen molar-refractivity contribution in [3.63, 3.8) is 0 Å². The molecular weight excluding hydrogens is 574 g/mol. The zero-order chi connectivity index (χ0) is 31.1. The summed E-state index contributed by atoms with van der Waals surface area (Å²) in [5.74, 6) is 0.421. The van der Waals surface area contributed by atoms with Crippen LogP contribution in [0.5, 0.6) is 11.5 Å². The third kappa shape index (κ3) is 5.96. The van der Waals surface area contributed by atoms with Crippen LogP contribution in [-0.4, -0.2) is 41.6 Å². The van der Waals surface area contributed by atoms with Crippen LogP contribution >= 0.6 is 0 Å². The summed E-state index contributed by atoms with van der Waals surface area (Å²) in [6.45, 7) is 0.0754. The summed E-state index contributed by atoms with van der Waals surface area (Å²) in [5.41, 5.74) is 1.41. The van der Waals surface area contributed by atoms with Crippen LogP contribution in [0.15, 0.2) is 66.7 Å². The first kappa shape index (κ1) is 28.9. The molecule has 1 atom stereocenters. The number of benzene rings is 3. The maximum atomic E-state index is 13.9. The molecule has 4 fully saturated rings. The molecule has 4 saturated carbocycles. The van der Waals surface area contributed by atoms with Crippen molar-refractivity contribution >= 4 is 35.1 Å². The van der Waals surface area contributed by atoms with Crippen molar-refractivity contribution in [2.45, 2.75) is 51.0 Å². The lowest BCUT2D eigenvalue weighted by molar-refractivity contribution is -0.140. The van der Waals surface area contributed by atoms with Crippen LogP contribution in [0.3, 0.4) is 0 Å². The first-order valence-corrected chi connectivity index (χ1v) is 15.5. The minimum absolute atomic E-state index is 0.0558. The zero-order valence-corrected chi connectivity index (χ0v) is 24.7. The lowest BCUT2D eigenvalue weighted by Crippen LogP contribution is -2.51. The second-order valence-electron chi connectivity index (χ2n) is 13.0. The molecule has 45 heavy (non-hydrogen) atoms.